The summed E-state index contributed by atoms with van der Waals surface area (Å²) in [7, 11) is 0. The van der Waals surface area contributed by atoms with Crippen LogP contribution in [-0.2, 0) is 6.54 Å². The average molecular weight is 283 g/mol. The van der Waals surface area contributed by atoms with Crippen molar-refractivity contribution in [1.29, 1.82) is 5.26 Å². The van der Waals surface area contributed by atoms with Gasteiger partial charge in [0.2, 0.25) is 11.6 Å². The molecule has 0 fully saturated rings. The van der Waals surface area contributed by atoms with Gasteiger partial charge in [0.15, 0.2) is 6.39 Å². The molecule has 21 heavy (non-hydrogen) atoms. The quantitative estimate of drug-likeness (QED) is 0.792. The molecule has 0 saturated heterocycles. The predicted molar refractivity (Wildman–Crippen MR) is 72.6 cm³/mol. The summed E-state index contributed by atoms with van der Waals surface area (Å²) in [6.45, 7) is 0.352. The van der Waals surface area contributed by atoms with Crippen molar-refractivity contribution in [3.63, 3.8) is 0 Å². The summed E-state index contributed by atoms with van der Waals surface area (Å²) in [6.07, 6.45) is 1.20. The van der Waals surface area contributed by atoms with Crippen LogP contribution in [0.25, 0.3) is 11.3 Å². The Morgan fingerprint density at radius 2 is 2.00 bits per heavy atom. The Morgan fingerprint density at radius 1 is 1.19 bits per heavy atom. The maximum Gasteiger partial charge on any atom is 0.232 e. The van der Waals surface area contributed by atoms with Crippen molar-refractivity contribution in [3.05, 3.63) is 60.1 Å². The fourth-order valence-electron chi connectivity index (χ4n) is 1.86. The van der Waals surface area contributed by atoms with Gasteiger partial charge >= 0.3 is 0 Å². The second-order valence-electron chi connectivity index (χ2n) is 4.27. The first kappa shape index (κ1) is 12.9. The van der Waals surface area contributed by atoms with Gasteiger partial charge in [0.05, 0.1) is 6.54 Å². The van der Waals surface area contributed by atoms with Crippen LogP contribution in [0.2, 0.25) is 0 Å². The number of halogens is 1. The highest BCUT2D eigenvalue weighted by Crippen LogP contribution is 2.23. The highest BCUT2D eigenvalue weighted by atomic mass is 19.1. The molecule has 3 rings (SSSR count). The van der Waals surface area contributed by atoms with E-state index in [1.165, 1.54) is 18.5 Å². The molecule has 2 heterocycles. The molecular weight excluding hydrogens is 273 g/mol. The molecule has 0 aliphatic carbocycles. The molecule has 6 heteroatoms. The smallest absolute Gasteiger partial charge is 0.232 e. The molecule has 0 aliphatic rings. The molecule has 1 N–H and O–H groups in total. The lowest BCUT2D eigenvalue weighted by Crippen LogP contribution is -1.98. The molecular formula is C15H10FN3O2. The topological polar surface area (TPSA) is 75.0 Å². The van der Waals surface area contributed by atoms with E-state index in [0.717, 1.165) is 5.56 Å². The fraction of sp³-hybridized carbons (Fsp3) is 0.0667. The third-order valence-corrected chi connectivity index (χ3v) is 2.89. The molecule has 2 aromatic heterocycles. The standard InChI is InChI=1S/C15H10FN3O2/c16-11-3-1-10(2-4-11)14-6-5-12(21-14)8-18-15-13(7-17)19-9-20-15/h1-6,9,18H,8H2. The van der Waals surface area contributed by atoms with Crippen LogP contribution in [0.1, 0.15) is 11.5 Å². The van der Waals surface area contributed by atoms with Gasteiger partial charge in [-0.05, 0) is 36.4 Å². The van der Waals surface area contributed by atoms with E-state index >= 15 is 0 Å². The largest absolute Gasteiger partial charge is 0.459 e. The van der Waals surface area contributed by atoms with Gasteiger partial charge in [0.1, 0.15) is 23.4 Å². The van der Waals surface area contributed by atoms with Crippen LogP contribution in [0.3, 0.4) is 0 Å². The Balaban J connectivity index is 1.71. The molecule has 0 atom stereocenters. The Kier molecular flexibility index (Phi) is 3.39. The molecule has 0 bridgehead atoms. The van der Waals surface area contributed by atoms with Crippen LogP contribution in [0.4, 0.5) is 10.3 Å². The molecule has 104 valence electrons. The van der Waals surface area contributed by atoms with E-state index in [-0.39, 0.29) is 11.5 Å². The fourth-order valence-corrected chi connectivity index (χ4v) is 1.86. The number of aromatic nitrogens is 1. The number of anilines is 1. The van der Waals surface area contributed by atoms with Gasteiger partial charge in [-0.2, -0.15) is 5.26 Å². The van der Waals surface area contributed by atoms with Gasteiger partial charge in [-0.1, -0.05) is 0 Å². The number of rotatable bonds is 4. The zero-order valence-corrected chi connectivity index (χ0v) is 10.8. The molecule has 0 radical (unpaired) electrons. The van der Waals surface area contributed by atoms with Gasteiger partial charge in [-0.15, -0.1) is 0 Å². The Labute approximate surface area is 119 Å². The number of oxazole rings is 1. The first-order valence-corrected chi connectivity index (χ1v) is 6.18. The SMILES string of the molecule is N#Cc1ncoc1NCc1ccc(-c2ccc(F)cc2)o1. The summed E-state index contributed by atoms with van der Waals surface area (Å²) in [4.78, 5) is 3.75. The lowest BCUT2D eigenvalue weighted by Gasteiger charge is -2.00. The molecule has 0 amide bonds. The summed E-state index contributed by atoms with van der Waals surface area (Å²) in [5, 5.41) is 11.7. The minimum absolute atomic E-state index is 0.195. The summed E-state index contributed by atoms with van der Waals surface area (Å²) >= 11 is 0. The lowest BCUT2D eigenvalue weighted by molar-refractivity contribution is 0.521. The number of nitrogens with one attached hydrogen (secondary N) is 1. The molecule has 5 nitrogen and oxygen atoms in total. The van der Waals surface area contributed by atoms with Gasteiger partial charge in [-0.3, -0.25) is 0 Å². The summed E-state index contributed by atoms with van der Waals surface area (Å²) < 4.78 is 23.6. The van der Waals surface area contributed by atoms with E-state index in [1.807, 2.05) is 6.07 Å². The third-order valence-electron chi connectivity index (χ3n) is 2.89. The monoisotopic (exact) mass is 283 g/mol. The Bertz CT molecular complexity index is 784. The van der Waals surface area contributed by atoms with E-state index < -0.39 is 0 Å². The van der Waals surface area contributed by atoms with Crippen molar-refractivity contribution in [2.24, 2.45) is 0 Å². The molecule has 0 saturated carbocycles. The van der Waals surface area contributed by atoms with Crippen LogP contribution >= 0.6 is 0 Å². The van der Waals surface area contributed by atoms with E-state index in [0.29, 0.717) is 23.9 Å². The predicted octanol–water partition coefficient (Wildman–Crippen LogP) is 3.56. The van der Waals surface area contributed by atoms with Gasteiger partial charge < -0.3 is 14.2 Å². The number of benzene rings is 1. The zero-order chi connectivity index (χ0) is 14.7. The molecule has 0 unspecified atom stereocenters. The van der Waals surface area contributed by atoms with Gasteiger partial charge in [0, 0.05) is 5.56 Å². The Morgan fingerprint density at radius 3 is 2.76 bits per heavy atom. The lowest BCUT2D eigenvalue weighted by atomic mass is 10.2. The summed E-state index contributed by atoms with van der Waals surface area (Å²) in [5.74, 6) is 1.32. The maximum atomic E-state index is 12.9. The van der Waals surface area contributed by atoms with Crippen molar-refractivity contribution in [1.82, 2.24) is 4.98 Å². The van der Waals surface area contributed by atoms with E-state index in [1.54, 1.807) is 24.3 Å². The minimum Gasteiger partial charge on any atom is -0.459 e. The second kappa shape index (κ2) is 5.51. The number of furan rings is 1. The highest BCUT2D eigenvalue weighted by molar-refractivity contribution is 5.57. The second-order valence-corrected chi connectivity index (χ2v) is 4.27. The van der Waals surface area contributed by atoms with Crippen molar-refractivity contribution < 1.29 is 13.2 Å². The molecule has 0 aliphatic heterocycles. The van der Waals surface area contributed by atoms with E-state index in [9.17, 15) is 4.39 Å². The van der Waals surface area contributed by atoms with Crippen LogP contribution in [0, 0.1) is 17.1 Å². The highest BCUT2D eigenvalue weighted by Gasteiger charge is 2.09. The average Bonchev–Trinajstić information content (AvgIpc) is 3.14. The summed E-state index contributed by atoms with van der Waals surface area (Å²) in [5.41, 5.74) is 0.986. The van der Waals surface area contributed by atoms with Crippen LogP contribution in [-0.4, -0.2) is 4.98 Å². The van der Waals surface area contributed by atoms with Crippen molar-refractivity contribution >= 4 is 5.88 Å². The number of hydrogen-bond acceptors (Lipinski definition) is 5. The maximum absolute atomic E-state index is 12.9. The van der Waals surface area contributed by atoms with E-state index in [4.69, 9.17) is 14.1 Å². The zero-order valence-electron chi connectivity index (χ0n) is 10.8. The van der Waals surface area contributed by atoms with E-state index in [2.05, 4.69) is 10.3 Å². The van der Waals surface area contributed by atoms with Crippen LogP contribution in [0.15, 0.2) is 51.6 Å². The minimum atomic E-state index is -0.290. The van der Waals surface area contributed by atoms with Gasteiger partial charge in [-0.25, -0.2) is 9.37 Å². The first-order valence-electron chi connectivity index (χ1n) is 6.18. The molecule has 3 aromatic rings. The van der Waals surface area contributed by atoms with Crippen molar-refractivity contribution in [3.8, 4) is 17.4 Å². The Hall–Kier alpha value is -3.07. The molecule has 0 spiro atoms. The van der Waals surface area contributed by atoms with Crippen LogP contribution < -0.4 is 5.32 Å². The number of hydrogen-bond donors (Lipinski definition) is 1. The van der Waals surface area contributed by atoms with Crippen molar-refractivity contribution in [2.75, 3.05) is 5.32 Å². The number of nitrogens with zero attached hydrogens (tertiary/aromatic N) is 2. The third kappa shape index (κ3) is 2.77. The van der Waals surface area contributed by atoms with Crippen molar-refractivity contribution in [2.45, 2.75) is 6.54 Å². The van der Waals surface area contributed by atoms with Gasteiger partial charge in [0.25, 0.3) is 0 Å². The normalized spacial score (nSPS) is 10.3. The number of nitriles is 1. The molecule has 1 aromatic carbocycles. The summed E-state index contributed by atoms with van der Waals surface area (Å²) in [6, 6.07) is 11.6. The first-order chi connectivity index (χ1) is 10.3. The van der Waals surface area contributed by atoms with Crippen LogP contribution in [0.5, 0.6) is 0 Å².